The van der Waals surface area contributed by atoms with Crippen molar-refractivity contribution >= 4 is 26.7 Å². The molecular weight excluding hydrogens is 296 g/mol. The molecule has 0 aliphatic carbocycles. The number of aliphatic hydroxyl groups is 2. The van der Waals surface area contributed by atoms with E-state index in [0.29, 0.717) is 17.3 Å². The van der Waals surface area contributed by atoms with Crippen LogP contribution in [0.3, 0.4) is 0 Å². The second kappa shape index (κ2) is 5.69. The first-order valence-electron chi connectivity index (χ1n) is 5.76. The number of hydrogen-bond acceptors (Lipinski definition) is 3. The molecule has 2 aromatic carbocycles. The third kappa shape index (κ3) is 2.83. The number of aromatic hydroxyl groups is 1. The van der Waals surface area contributed by atoms with Gasteiger partial charge in [0.25, 0.3) is 0 Å². The topological polar surface area (TPSA) is 60.7 Å². The summed E-state index contributed by atoms with van der Waals surface area (Å²) in [5.41, 5.74) is 0.682. The molecule has 0 aromatic heterocycles. The minimum atomic E-state index is -0.888. The van der Waals surface area contributed by atoms with Crippen molar-refractivity contribution in [1.82, 2.24) is 0 Å². The van der Waals surface area contributed by atoms with Crippen molar-refractivity contribution in [3.8, 4) is 5.75 Å². The molecule has 0 heterocycles. The molecular formula is C14H15BrO3. The first-order chi connectivity index (χ1) is 8.61. The predicted octanol–water partition coefficient (Wildman–Crippen LogP) is 2.72. The zero-order chi connectivity index (χ0) is 13.1. The van der Waals surface area contributed by atoms with Gasteiger partial charge in [-0.15, -0.1) is 0 Å². The molecule has 0 spiro atoms. The van der Waals surface area contributed by atoms with E-state index >= 15 is 0 Å². The summed E-state index contributed by atoms with van der Waals surface area (Å²) in [5, 5.41) is 31.6. The molecule has 0 radical (unpaired) electrons. The molecule has 18 heavy (non-hydrogen) atoms. The lowest BCUT2D eigenvalue weighted by molar-refractivity contribution is 0.0174. The maximum Gasteiger partial charge on any atom is 0.116 e. The number of alkyl halides is 1. The predicted molar refractivity (Wildman–Crippen MR) is 75.0 cm³/mol. The number of hydrogen-bond donors (Lipinski definition) is 3. The maximum absolute atomic E-state index is 10.0. The van der Waals surface area contributed by atoms with Gasteiger partial charge in [-0.05, 0) is 41.0 Å². The highest BCUT2D eigenvalue weighted by molar-refractivity contribution is 9.09. The molecule has 0 aliphatic heterocycles. The fourth-order valence-electron chi connectivity index (χ4n) is 1.93. The van der Waals surface area contributed by atoms with Crippen LogP contribution in [0.1, 0.15) is 18.1 Å². The van der Waals surface area contributed by atoms with Crippen molar-refractivity contribution in [3.63, 3.8) is 0 Å². The highest BCUT2D eigenvalue weighted by atomic mass is 79.9. The van der Waals surface area contributed by atoms with Crippen LogP contribution >= 0.6 is 15.9 Å². The zero-order valence-corrected chi connectivity index (χ0v) is 11.3. The van der Waals surface area contributed by atoms with E-state index in [2.05, 4.69) is 15.9 Å². The normalized spacial score (nSPS) is 14.6. The maximum atomic E-state index is 10.0. The SMILES string of the molecule is Oc1ccc2cc(C(O)C(O)CCBr)ccc2c1. The number of benzene rings is 2. The van der Waals surface area contributed by atoms with Crippen molar-refractivity contribution in [2.75, 3.05) is 5.33 Å². The lowest BCUT2D eigenvalue weighted by atomic mass is 9.99. The van der Waals surface area contributed by atoms with Crippen LogP contribution in [0.2, 0.25) is 0 Å². The third-order valence-corrected chi connectivity index (χ3v) is 3.42. The molecule has 0 saturated carbocycles. The Labute approximate surface area is 114 Å². The van der Waals surface area contributed by atoms with E-state index in [1.807, 2.05) is 12.1 Å². The Hall–Kier alpha value is -1.10. The van der Waals surface area contributed by atoms with Gasteiger partial charge in [-0.25, -0.2) is 0 Å². The fraction of sp³-hybridized carbons (Fsp3) is 0.286. The van der Waals surface area contributed by atoms with Gasteiger partial charge in [0, 0.05) is 5.33 Å². The summed E-state index contributed by atoms with van der Waals surface area (Å²) >= 11 is 3.24. The number of rotatable bonds is 4. The standard InChI is InChI=1S/C14H15BrO3/c15-6-5-13(17)14(18)11-2-1-10-8-12(16)4-3-9(10)7-11/h1-4,7-8,13-14,16-18H,5-6H2. The Morgan fingerprint density at radius 1 is 1.00 bits per heavy atom. The van der Waals surface area contributed by atoms with Crippen LogP contribution in [0.4, 0.5) is 0 Å². The van der Waals surface area contributed by atoms with E-state index in [9.17, 15) is 15.3 Å². The fourth-order valence-corrected chi connectivity index (χ4v) is 2.40. The molecule has 0 aliphatic rings. The summed E-state index contributed by atoms with van der Waals surface area (Å²) in [4.78, 5) is 0. The summed E-state index contributed by atoms with van der Waals surface area (Å²) in [6.07, 6.45) is -1.17. The number of aliphatic hydroxyl groups excluding tert-OH is 2. The van der Waals surface area contributed by atoms with Crippen LogP contribution in [-0.4, -0.2) is 26.8 Å². The Morgan fingerprint density at radius 2 is 1.67 bits per heavy atom. The Morgan fingerprint density at radius 3 is 2.39 bits per heavy atom. The summed E-state index contributed by atoms with van der Waals surface area (Å²) < 4.78 is 0. The quantitative estimate of drug-likeness (QED) is 0.761. The summed E-state index contributed by atoms with van der Waals surface area (Å²) in [6, 6.07) is 10.5. The van der Waals surface area contributed by atoms with Crippen molar-refractivity contribution in [2.24, 2.45) is 0 Å². The monoisotopic (exact) mass is 310 g/mol. The van der Waals surface area contributed by atoms with E-state index in [4.69, 9.17) is 0 Å². The van der Waals surface area contributed by atoms with E-state index in [0.717, 1.165) is 10.8 Å². The second-order valence-corrected chi connectivity index (χ2v) is 5.07. The molecule has 2 unspecified atom stereocenters. The molecule has 2 aromatic rings. The highest BCUT2D eigenvalue weighted by Gasteiger charge is 2.17. The van der Waals surface area contributed by atoms with Crippen LogP contribution in [-0.2, 0) is 0 Å². The van der Waals surface area contributed by atoms with Gasteiger partial charge in [-0.1, -0.05) is 34.1 Å². The molecule has 0 amide bonds. The van der Waals surface area contributed by atoms with Gasteiger partial charge in [0.05, 0.1) is 6.10 Å². The van der Waals surface area contributed by atoms with E-state index in [1.165, 1.54) is 0 Å². The van der Waals surface area contributed by atoms with Gasteiger partial charge in [0.2, 0.25) is 0 Å². The molecule has 3 nitrogen and oxygen atoms in total. The van der Waals surface area contributed by atoms with E-state index in [-0.39, 0.29) is 5.75 Å². The van der Waals surface area contributed by atoms with Crippen LogP contribution < -0.4 is 0 Å². The van der Waals surface area contributed by atoms with Gasteiger partial charge in [-0.2, -0.15) is 0 Å². The van der Waals surface area contributed by atoms with Gasteiger partial charge in [0.15, 0.2) is 0 Å². The van der Waals surface area contributed by atoms with Gasteiger partial charge < -0.3 is 15.3 Å². The number of phenolic OH excluding ortho intramolecular Hbond substituents is 1. The molecule has 2 rings (SSSR count). The third-order valence-electron chi connectivity index (χ3n) is 2.96. The zero-order valence-electron chi connectivity index (χ0n) is 9.75. The Balaban J connectivity index is 2.32. The summed E-state index contributed by atoms with van der Waals surface area (Å²) in [7, 11) is 0. The van der Waals surface area contributed by atoms with Crippen molar-refractivity contribution in [2.45, 2.75) is 18.6 Å². The van der Waals surface area contributed by atoms with Crippen molar-refractivity contribution in [3.05, 3.63) is 42.0 Å². The van der Waals surface area contributed by atoms with Gasteiger partial charge in [0.1, 0.15) is 11.9 Å². The average Bonchev–Trinajstić information content (AvgIpc) is 2.37. The van der Waals surface area contributed by atoms with E-state index in [1.54, 1.807) is 24.3 Å². The molecule has 0 fully saturated rings. The average molecular weight is 311 g/mol. The van der Waals surface area contributed by atoms with Crippen LogP contribution in [0.5, 0.6) is 5.75 Å². The molecule has 2 atom stereocenters. The number of phenols is 1. The Kier molecular flexibility index (Phi) is 4.22. The minimum absolute atomic E-state index is 0.218. The van der Waals surface area contributed by atoms with Crippen LogP contribution in [0.25, 0.3) is 10.8 Å². The Bertz CT molecular complexity index is 542. The molecule has 3 N–H and O–H groups in total. The molecule has 4 heteroatoms. The second-order valence-electron chi connectivity index (χ2n) is 4.28. The first kappa shape index (κ1) is 13.3. The molecule has 0 bridgehead atoms. The highest BCUT2D eigenvalue weighted by Crippen LogP contribution is 2.26. The smallest absolute Gasteiger partial charge is 0.116 e. The number of halogens is 1. The lowest BCUT2D eigenvalue weighted by Crippen LogP contribution is -2.18. The van der Waals surface area contributed by atoms with E-state index < -0.39 is 12.2 Å². The lowest BCUT2D eigenvalue weighted by Gasteiger charge is -2.17. The van der Waals surface area contributed by atoms with Crippen molar-refractivity contribution < 1.29 is 15.3 Å². The van der Waals surface area contributed by atoms with Crippen LogP contribution in [0, 0.1) is 0 Å². The van der Waals surface area contributed by atoms with Gasteiger partial charge in [-0.3, -0.25) is 0 Å². The first-order valence-corrected chi connectivity index (χ1v) is 6.89. The van der Waals surface area contributed by atoms with Gasteiger partial charge >= 0.3 is 0 Å². The largest absolute Gasteiger partial charge is 0.508 e. The summed E-state index contributed by atoms with van der Waals surface area (Å²) in [5.74, 6) is 0.218. The molecule has 96 valence electrons. The molecule has 0 saturated heterocycles. The number of fused-ring (bicyclic) bond motifs is 1. The van der Waals surface area contributed by atoms with Crippen LogP contribution in [0.15, 0.2) is 36.4 Å². The summed E-state index contributed by atoms with van der Waals surface area (Å²) in [6.45, 7) is 0. The van der Waals surface area contributed by atoms with Crippen molar-refractivity contribution in [1.29, 1.82) is 0 Å². The minimum Gasteiger partial charge on any atom is -0.508 e.